The number of benzene rings is 1. The summed E-state index contributed by atoms with van der Waals surface area (Å²) < 4.78 is 25.8. The van der Waals surface area contributed by atoms with Gasteiger partial charge in [-0.25, -0.2) is 13.8 Å². The second-order valence-electron chi connectivity index (χ2n) is 3.62. The Labute approximate surface area is 101 Å². The first-order chi connectivity index (χ1) is 8.65. The molecule has 2 rings (SSSR count). The predicted octanol–water partition coefficient (Wildman–Crippen LogP) is 1.06. The number of hydrogen-bond acceptors (Lipinski definition) is 3. The molecule has 2 N–H and O–H groups in total. The van der Waals surface area contributed by atoms with Crippen LogP contribution in [0.4, 0.5) is 8.78 Å². The molecular formula is C11H10F2N4O. The van der Waals surface area contributed by atoms with Gasteiger partial charge in [0, 0.05) is 12.6 Å². The zero-order chi connectivity index (χ0) is 13.0. The molecule has 0 aliphatic heterocycles. The molecule has 0 saturated carbocycles. The lowest BCUT2D eigenvalue weighted by molar-refractivity contribution is 0.0944. The molecule has 18 heavy (non-hydrogen) atoms. The number of aromatic amines is 1. The monoisotopic (exact) mass is 252 g/mol. The third-order valence-corrected chi connectivity index (χ3v) is 2.25. The lowest BCUT2D eigenvalue weighted by Gasteiger charge is -2.04. The number of halogens is 2. The van der Waals surface area contributed by atoms with Gasteiger partial charge in [0.2, 0.25) is 5.82 Å². The van der Waals surface area contributed by atoms with Crippen LogP contribution in [0.3, 0.4) is 0 Å². The van der Waals surface area contributed by atoms with Crippen LogP contribution in [0.2, 0.25) is 0 Å². The highest BCUT2D eigenvalue weighted by atomic mass is 19.1. The van der Waals surface area contributed by atoms with E-state index in [1.165, 1.54) is 18.5 Å². The molecule has 0 aliphatic carbocycles. The van der Waals surface area contributed by atoms with Gasteiger partial charge in [-0.15, -0.1) is 0 Å². The van der Waals surface area contributed by atoms with Gasteiger partial charge in [-0.1, -0.05) is 0 Å². The fourth-order valence-corrected chi connectivity index (χ4v) is 1.47. The van der Waals surface area contributed by atoms with E-state index in [-0.39, 0.29) is 12.4 Å². The number of nitrogens with zero attached hydrogens (tertiary/aromatic N) is 2. The molecule has 0 fully saturated rings. The van der Waals surface area contributed by atoms with Gasteiger partial charge < -0.3 is 5.32 Å². The maximum absolute atomic E-state index is 12.9. The largest absolute Gasteiger partial charge is 0.349 e. The smallest absolute Gasteiger partial charge is 0.288 e. The zero-order valence-corrected chi connectivity index (χ0v) is 9.28. The molecule has 1 aromatic carbocycles. The maximum atomic E-state index is 12.9. The molecule has 0 unspecified atom stereocenters. The van der Waals surface area contributed by atoms with Crippen LogP contribution in [-0.2, 0) is 6.42 Å². The van der Waals surface area contributed by atoms with Gasteiger partial charge in [-0.3, -0.25) is 9.89 Å². The van der Waals surface area contributed by atoms with E-state index in [4.69, 9.17) is 0 Å². The standard InChI is InChI=1S/C11H10F2N4O/c12-8-3-7(4-9(13)5-8)1-2-14-11(18)10-15-6-16-17-10/h3-6H,1-2H2,(H,14,18)(H,15,16,17). The molecular weight excluding hydrogens is 242 g/mol. The van der Waals surface area contributed by atoms with Crippen molar-refractivity contribution in [3.63, 3.8) is 0 Å². The highest BCUT2D eigenvalue weighted by molar-refractivity contribution is 5.90. The molecule has 1 amide bonds. The molecule has 0 atom stereocenters. The third kappa shape index (κ3) is 3.09. The van der Waals surface area contributed by atoms with Crippen LogP contribution in [-0.4, -0.2) is 27.6 Å². The topological polar surface area (TPSA) is 70.7 Å². The van der Waals surface area contributed by atoms with Crippen molar-refractivity contribution < 1.29 is 13.6 Å². The summed E-state index contributed by atoms with van der Waals surface area (Å²) >= 11 is 0. The minimum Gasteiger partial charge on any atom is -0.349 e. The van der Waals surface area contributed by atoms with Crippen molar-refractivity contribution in [2.75, 3.05) is 6.54 Å². The number of aromatic nitrogens is 3. The Bertz CT molecular complexity index is 522. The van der Waals surface area contributed by atoms with Gasteiger partial charge in [0.15, 0.2) is 0 Å². The Hall–Kier alpha value is -2.31. The summed E-state index contributed by atoms with van der Waals surface area (Å²) in [4.78, 5) is 15.1. The molecule has 94 valence electrons. The lowest BCUT2D eigenvalue weighted by atomic mass is 10.1. The number of amides is 1. The van der Waals surface area contributed by atoms with Crippen LogP contribution in [0.15, 0.2) is 24.5 Å². The molecule has 0 bridgehead atoms. The summed E-state index contributed by atoms with van der Waals surface area (Å²) in [5, 5.41) is 8.50. The number of H-pyrrole nitrogens is 1. The summed E-state index contributed by atoms with van der Waals surface area (Å²) in [5.74, 6) is -1.58. The Kier molecular flexibility index (Phi) is 3.61. The second kappa shape index (κ2) is 5.35. The van der Waals surface area contributed by atoms with Gasteiger partial charge in [-0.05, 0) is 24.1 Å². The minimum absolute atomic E-state index is 0.0976. The van der Waals surface area contributed by atoms with Crippen molar-refractivity contribution in [1.82, 2.24) is 20.5 Å². The SMILES string of the molecule is O=C(NCCc1cc(F)cc(F)c1)c1ncn[nH]1. The van der Waals surface area contributed by atoms with E-state index < -0.39 is 17.5 Å². The van der Waals surface area contributed by atoms with E-state index >= 15 is 0 Å². The molecule has 0 radical (unpaired) electrons. The van der Waals surface area contributed by atoms with E-state index in [2.05, 4.69) is 20.5 Å². The van der Waals surface area contributed by atoms with Crippen molar-refractivity contribution in [3.05, 3.63) is 47.5 Å². The average Bonchev–Trinajstić information content (AvgIpc) is 2.80. The van der Waals surface area contributed by atoms with Crippen molar-refractivity contribution in [3.8, 4) is 0 Å². The van der Waals surface area contributed by atoms with Crippen LogP contribution >= 0.6 is 0 Å². The van der Waals surface area contributed by atoms with Crippen molar-refractivity contribution in [1.29, 1.82) is 0 Å². The third-order valence-electron chi connectivity index (χ3n) is 2.25. The number of nitrogens with one attached hydrogen (secondary N) is 2. The van der Waals surface area contributed by atoms with Crippen LogP contribution in [0, 0.1) is 11.6 Å². The molecule has 1 heterocycles. The molecule has 0 spiro atoms. The van der Waals surface area contributed by atoms with Crippen molar-refractivity contribution >= 4 is 5.91 Å². The van der Waals surface area contributed by atoms with Gasteiger partial charge >= 0.3 is 0 Å². The van der Waals surface area contributed by atoms with Crippen LogP contribution in [0.5, 0.6) is 0 Å². The Morgan fingerprint density at radius 3 is 2.61 bits per heavy atom. The van der Waals surface area contributed by atoms with Crippen molar-refractivity contribution in [2.24, 2.45) is 0 Å². The number of carbonyl (C=O) groups excluding carboxylic acids is 1. The average molecular weight is 252 g/mol. The van der Waals surface area contributed by atoms with Crippen LogP contribution in [0.1, 0.15) is 16.2 Å². The summed E-state index contributed by atoms with van der Waals surface area (Å²) in [7, 11) is 0. The molecule has 1 aromatic heterocycles. The van der Waals surface area contributed by atoms with Gasteiger partial charge in [0.1, 0.15) is 18.0 Å². The first-order valence-electron chi connectivity index (χ1n) is 5.23. The Morgan fingerprint density at radius 1 is 1.28 bits per heavy atom. The molecule has 0 aliphatic rings. The molecule has 0 saturated heterocycles. The highest BCUT2D eigenvalue weighted by Crippen LogP contribution is 2.08. The lowest BCUT2D eigenvalue weighted by Crippen LogP contribution is -2.26. The zero-order valence-electron chi connectivity index (χ0n) is 9.28. The molecule has 2 aromatic rings. The first kappa shape index (κ1) is 12.2. The van der Waals surface area contributed by atoms with Crippen molar-refractivity contribution in [2.45, 2.75) is 6.42 Å². The summed E-state index contributed by atoms with van der Waals surface area (Å²) in [6.45, 7) is 0.252. The number of carbonyl (C=O) groups is 1. The summed E-state index contributed by atoms with van der Waals surface area (Å²) in [5.41, 5.74) is 0.477. The fraction of sp³-hybridized carbons (Fsp3) is 0.182. The highest BCUT2D eigenvalue weighted by Gasteiger charge is 2.07. The van der Waals surface area contributed by atoms with E-state index in [0.29, 0.717) is 12.0 Å². The number of hydrogen-bond donors (Lipinski definition) is 2. The molecule has 7 heteroatoms. The van der Waals surface area contributed by atoms with E-state index in [0.717, 1.165) is 6.07 Å². The van der Waals surface area contributed by atoms with Gasteiger partial charge in [-0.2, -0.15) is 5.10 Å². The first-order valence-corrected chi connectivity index (χ1v) is 5.23. The molecule has 5 nitrogen and oxygen atoms in total. The normalized spacial score (nSPS) is 10.3. The van der Waals surface area contributed by atoms with E-state index in [1.54, 1.807) is 0 Å². The summed E-state index contributed by atoms with van der Waals surface area (Å²) in [6, 6.07) is 3.25. The Balaban J connectivity index is 1.87. The maximum Gasteiger partial charge on any atom is 0.288 e. The van der Waals surface area contributed by atoms with E-state index in [1.807, 2.05) is 0 Å². The minimum atomic E-state index is -0.633. The Morgan fingerprint density at radius 2 is 2.00 bits per heavy atom. The second-order valence-corrected chi connectivity index (χ2v) is 3.62. The predicted molar refractivity (Wildman–Crippen MR) is 58.8 cm³/mol. The van der Waals surface area contributed by atoms with E-state index in [9.17, 15) is 13.6 Å². The van der Waals surface area contributed by atoms with Crippen LogP contribution < -0.4 is 5.32 Å². The van der Waals surface area contributed by atoms with Gasteiger partial charge in [0.25, 0.3) is 5.91 Å². The number of rotatable bonds is 4. The summed E-state index contributed by atoms with van der Waals surface area (Å²) in [6.07, 6.45) is 1.55. The van der Waals surface area contributed by atoms with Crippen LogP contribution in [0.25, 0.3) is 0 Å². The fourth-order valence-electron chi connectivity index (χ4n) is 1.47. The quantitative estimate of drug-likeness (QED) is 0.854. The van der Waals surface area contributed by atoms with Gasteiger partial charge in [0.05, 0.1) is 0 Å².